The molecule has 0 spiro atoms. The van der Waals surface area contributed by atoms with Gasteiger partial charge in [0.15, 0.2) is 0 Å². The van der Waals surface area contributed by atoms with Crippen LogP contribution in [0, 0.1) is 11.8 Å². The van der Waals surface area contributed by atoms with Crippen LogP contribution in [0.25, 0.3) is 0 Å². The molecule has 1 aromatic heterocycles. The summed E-state index contributed by atoms with van der Waals surface area (Å²) in [5.74, 6) is 6.42. The molecule has 1 heterocycles. The van der Waals surface area contributed by atoms with Crippen LogP contribution in [0.4, 0.5) is 0 Å². The van der Waals surface area contributed by atoms with Gasteiger partial charge in [-0.25, -0.2) is 4.79 Å². The molecule has 0 N–H and O–H groups in total. The summed E-state index contributed by atoms with van der Waals surface area (Å²) in [6, 6.07) is 20.4. The van der Waals surface area contributed by atoms with Crippen molar-refractivity contribution in [3.05, 3.63) is 108 Å². The molecule has 3 nitrogen and oxygen atoms in total. The molecule has 0 bridgehead atoms. The summed E-state index contributed by atoms with van der Waals surface area (Å²) in [6.45, 7) is 3.74. The fourth-order valence-corrected chi connectivity index (χ4v) is 2.43. The average molecular weight is 342 g/mol. The lowest BCUT2D eigenvalue weighted by atomic mass is 10.1. The number of furan rings is 1. The molecule has 3 aromatic rings. The molecule has 0 radical (unpaired) electrons. The lowest BCUT2D eigenvalue weighted by molar-refractivity contribution is 0.0388. The van der Waals surface area contributed by atoms with Gasteiger partial charge in [-0.1, -0.05) is 54.8 Å². The van der Waals surface area contributed by atoms with Crippen molar-refractivity contribution < 1.29 is 13.9 Å². The Bertz CT molecular complexity index is 928. The van der Waals surface area contributed by atoms with E-state index in [4.69, 9.17) is 9.15 Å². The van der Waals surface area contributed by atoms with Crippen LogP contribution in [0.3, 0.4) is 0 Å². The van der Waals surface area contributed by atoms with Crippen LogP contribution in [0.1, 0.15) is 27.2 Å². The van der Waals surface area contributed by atoms with Crippen molar-refractivity contribution in [1.82, 2.24) is 0 Å². The van der Waals surface area contributed by atoms with Gasteiger partial charge in [0, 0.05) is 17.5 Å². The molecule has 26 heavy (non-hydrogen) atoms. The van der Waals surface area contributed by atoms with Crippen LogP contribution in [0.15, 0.2) is 90.1 Å². The lowest BCUT2D eigenvalue weighted by Crippen LogP contribution is -2.19. The van der Waals surface area contributed by atoms with Crippen LogP contribution in [-0.2, 0) is 11.2 Å². The van der Waals surface area contributed by atoms with Crippen LogP contribution >= 0.6 is 0 Å². The minimum atomic E-state index is -0.469. The molecule has 2 aromatic carbocycles. The molecule has 3 rings (SSSR count). The highest BCUT2D eigenvalue weighted by Gasteiger charge is 2.17. The molecular weight excluding hydrogens is 324 g/mol. The monoisotopic (exact) mass is 342 g/mol. The standard InChI is InChI=1S/C23H18O3/c1-2-20(17-21-12-8-16-25-21)26-23(24)22-13-7-6-11-19(22)15-14-18-9-4-3-5-10-18/h2-13,16,20H,1,17H2. The number of carbonyl (C=O) groups excluding carboxylic acids is 1. The fraction of sp³-hybridized carbons (Fsp3) is 0.0870. The number of esters is 1. The maximum Gasteiger partial charge on any atom is 0.340 e. The van der Waals surface area contributed by atoms with Crippen molar-refractivity contribution in [2.45, 2.75) is 12.5 Å². The van der Waals surface area contributed by atoms with E-state index in [2.05, 4.69) is 18.4 Å². The van der Waals surface area contributed by atoms with Crippen LogP contribution in [0.2, 0.25) is 0 Å². The normalized spacial score (nSPS) is 11.1. The predicted octanol–water partition coefficient (Wildman–Crippen LogP) is 4.63. The summed E-state index contributed by atoms with van der Waals surface area (Å²) in [4.78, 5) is 12.6. The van der Waals surface area contributed by atoms with Gasteiger partial charge in [0.05, 0.1) is 11.8 Å². The van der Waals surface area contributed by atoms with E-state index in [-0.39, 0.29) is 0 Å². The summed E-state index contributed by atoms with van der Waals surface area (Å²) in [7, 11) is 0. The first-order valence-electron chi connectivity index (χ1n) is 8.28. The number of carbonyl (C=O) groups is 1. The number of hydrogen-bond acceptors (Lipinski definition) is 3. The highest BCUT2D eigenvalue weighted by molar-refractivity contribution is 5.92. The van der Waals surface area contributed by atoms with Gasteiger partial charge >= 0.3 is 5.97 Å². The second kappa shape index (κ2) is 8.55. The Hall–Kier alpha value is -3.51. The van der Waals surface area contributed by atoms with E-state index < -0.39 is 12.1 Å². The third-order valence-corrected chi connectivity index (χ3v) is 3.77. The first-order valence-corrected chi connectivity index (χ1v) is 8.28. The minimum Gasteiger partial charge on any atom is -0.469 e. The Labute approximate surface area is 152 Å². The van der Waals surface area contributed by atoms with E-state index >= 15 is 0 Å². The first kappa shape index (κ1) is 17.3. The second-order valence-corrected chi connectivity index (χ2v) is 5.62. The van der Waals surface area contributed by atoms with Gasteiger partial charge in [-0.3, -0.25) is 0 Å². The Morgan fingerprint density at radius 3 is 2.54 bits per heavy atom. The highest BCUT2D eigenvalue weighted by Crippen LogP contribution is 2.14. The fourth-order valence-electron chi connectivity index (χ4n) is 2.43. The summed E-state index contributed by atoms with van der Waals surface area (Å²) >= 11 is 0. The summed E-state index contributed by atoms with van der Waals surface area (Å²) in [5, 5.41) is 0. The smallest absolute Gasteiger partial charge is 0.340 e. The SMILES string of the molecule is C=CC(Cc1ccco1)OC(=O)c1ccccc1C#Cc1ccccc1. The quantitative estimate of drug-likeness (QED) is 0.385. The molecule has 3 heteroatoms. The first-order chi connectivity index (χ1) is 12.8. The van der Waals surface area contributed by atoms with E-state index in [1.54, 1.807) is 30.5 Å². The third kappa shape index (κ3) is 4.52. The van der Waals surface area contributed by atoms with Crippen molar-refractivity contribution in [3.63, 3.8) is 0 Å². The van der Waals surface area contributed by atoms with Gasteiger partial charge in [0.25, 0.3) is 0 Å². The Morgan fingerprint density at radius 1 is 1.04 bits per heavy atom. The van der Waals surface area contributed by atoms with Gasteiger partial charge in [-0.2, -0.15) is 0 Å². The zero-order valence-electron chi connectivity index (χ0n) is 14.2. The van der Waals surface area contributed by atoms with Gasteiger partial charge < -0.3 is 9.15 Å². The molecule has 0 aliphatic carbocycles. The summed E-state index contributed by atoms with van der Waals surface area (Å²) < 4.78 is 10.9. The van der Waals surface area contributed by atoms with Crippen molar-refractivity contribution in [1.29, 1.82) is 0 Å². The van der Waals surface area contributed by atoms with Crippen LogP contribution < -0.4 is 0 Å². The molecule has 0 amide bonds. The molecule has 0 saturated carbocycles. The zero-order valence-corrected chi connectivity index (χ0v) is 14.2. The topological polar surface area (TPSA) is 39.4 Å². The van der Waals surface area contributed by atoms with Crippen molar-refractivity contribution >= 4 is 5.97 Å². The molecular formula is C23H18O3. The number of rotatable bonds is 5. The Kier molecular flexibility index (Phi) is 5.69. The van der Waals surface area contributed by atoms with Crippen molar-refractivity contribution in [2.24, 2.45) is 0 Å². The van der Waals surface area contributed by atoms with Gasteiger partial charge in [0.2, 0.25) is 0 Å². The van der Waals surface area contributed by atoms with Crippen LogP contribution in [0.5, 0.6) is 0 Å². The molecule has 0 saturated heterocycles. The minimum absolute atomic E-state index is 0.431. The van der Waals surface area contributed by atoms with Crippen molar-refractivity contribution in [2.75, 3.05) is 0 Å². The molecule has 1 unspecified atom stereocenters. The average Bonchev–Trinajstić information content (AvgIpc) is 3.20. The van der Waals surface area contributed by atoms with Gasteiger partial charge in [-0.05, 0) is 36.4 Å². The Morgan fingerprint density at radius 2 is 1.81 bits per heavy atom. The van der Waals surface area contributed by atoms with Crippen molar-refractivity contribution in [3.8, 4) is 11.8 Å². The number of hydrogen-bond donors (Lipinski definition) is 0. The maximum atomic E-state index is 12.6. The van der Waals surface area contributed by atoms with E-state index in [9.17, 15) is 4.79 Å². The molecule has 1 atom stereocenters. The largest absolute Gasteiger partial charge is 0.469 e. The number of ether oxygens (including phenoxy) is 1. The summed E-state index contributed by atoms with van der Waals surface area (Å²) in [5.41, 5.74) is 1.95. The van der Waals surface area contributed by atoms with E-state index in [0.717, 1.165) is 11.3 Å². The van der Waals surface area contributed by atoms with E-state index in [0.29, 0.717) is 17.5 Å². The number of benzene rings is 2. The zero-order chi connectivity index (χ0) is 18.2. The Balaban J connectivity index is 1.77. The lowest BCUT2D eigenvalue weighted by Gasteiger charge is -2.13. The molecule has 0 fully saturated rings. The van der Waals surface area contributed by atoms with Gasteiger partial charge in [0.1, 0.15) is 11.9 Å². The predicted molar refractivity (Wildman–Crippen MR) is 101 cm³/mol. The van der Waals surface area contributed by atoms with E-state index in [1.807, 2.05) is 48.5 Å². The highest BCUT2D eigenvalue weighted by atomic mass is 16.5. The molecule has 0 aliphatic heterocycles. The van der Waals surface area contributed by atoms with Crippen LogP contribution in [-0.4, -0.2) is 12.1 Å². The third-order valence-electron chi connectivity index (χ3n) is 3.77. The molecule has 0 aliphatic rings. The molecule has 128 valence electrons. The summed E-state index contributed by atoms with van der Waals surface area (Å²) in [6.07, 6.45) is 3.16. The second-order valence-electron chi connectivity index (χ2n) is 5.62. The van der Waals surface area contributed by atoms with E-state index in [1.165, 1.54) is 0 Å². The maximum absolute atomic E-state index is 12.6. The van der Waals surface area contributed by atoms with Gasteiger partial charge in [-0.15, -0.1) is 0 Å².